The first-order valence-corrected chi connectivity index (χ1v) is 9.35. The van der Waals surface area contributed by atoms with Crippen molar-refractivity contribution in [3.8, 4) is 0 Å². The summed E-state index contributed by atoms with van der Waals surface area (Å²) < 4.78 is 38.6. The fourth-order valence-corrected chi connectivity index (χ4v) is 4.89. The number of alkyl halides is 1. The Kier molecular flexibility index (Phi) is 4.56. The maximum atomic E-state index is 15.2. The third-order valence-electron chi connectivity index (χ3n) is 5.12. The van der Waals surface area contributed by atoms with Crippen molar-refractivity contribution in [1.82, 2.24) is 5.32 Å². The molecule has 1 saturated carbocycles. The van der Waals surface area contributed by atoms with Gasteiger partial charge in [0, 0.05) is 18.7 Å². The van der Waals surface area contributed by atoms with Crippen molar-refractivity contribution in [2.75, 3.05) is 19.3 Å². The number of halogens is 1. The fourth-order valence-electron chi connectivity index (χ4n) is 3.71. The van der Waals surface area contributed by atoms with Gasteiger partial charge in [0.25, 0.3) is 0 Å². The summed E-state index contributed by atoms with van der Waals surface area (Å²) in [6.07, 6.45) is 6.10. The first kappa shape index (κ1) is 15.2. The van der Waals surface area contributed by atoms with Gasteiger partial charge in [-0.3, -0.25) is 0 Å². The van der Waals surface area contributed by atoms with E-state index in [2.05, 4.69) is 5.32 Å². The van der Waals surface area contributed by atoms with Crippen molar-refractivity contribution in [3.05, 3.63) is 0 Å². The van der Waals surface area contributed by atoms with Gasteiger partial charge in [-0.25, -0.2) is 12.8 Å². The van der Waals surface area contributed by atoms with Crippen LogP contribution in [0, 0.1) is 11.8 Å². The molecule has 0 amide bonds. The Hall–Kier alpha value is -0.160. The Morgan fingerprint density at radius 2 is 1.84 bits per heavy atom. The zero-order valence-electron chi connectivity index (χ0n) is 12.0. The Labute approximate surface area is 116 Å². The molecular weight excluding hydrogens is 265 g/mol. The highest BCUT2D eigenvalue weighted by atomic mass is 32.2. The minimum atomic E-state index is -3.03. The molecule has 19 heavy (non-hydrogen) atoms. The van der Waals surface area contributed by atoms with Gasteiger partial charge >= 0.3 is 0 Å². The van der Waals surface area contributed by atoms with E-state index in [4.69, 9.17) is 0 Å². The SMILES string of the molecule is CC(F)(C1CCCNC1)C1CCCC(S(C)(=O)=O)C1. The van der Waals surface area contributed by atoms with Crippen LogP contribution < -0.4 is 5.32 Å². The lowest BCUT2D eigenvalue weighted by Crippen LogP contribution is -2.48. The second kappa shape index (κ2) is 5.68. The molecule has 2 rings (SSSR count). The highest BCUT2D eigenvalue weighted by Gasteiger charge is 2.45. The van der Waals surface area contributed by atoms with Gasteiger partial charge in [-0.15, -0.1) is 0 Å². The van der Waals surface area contributed by atoms with Crippen LogP contribution in [-0.4, -0.2) is 38.7 Å². The number of nitrogens with one attached hydrogen (secondary N) is 1. The third kappa shape index (κ3) is 3.48. The Bertz CT molecular complexity index is 402. The van der Waals surface area contributed by atoms with Crippen LogP contribution in [0.4, 0.5) is 4.39 Å². The average Bonchev–Trinajstić information content (AvgIpc) is 2.39. The van der Waals surface area contributed by atoms with E-state index in [0.29, 0.717) is 12.8 Å². The lowest BCUT2D eigenvalue weighted by molar-refractivity contribution is 0.00511. The molecule has 1 aliphatic carbocycles. The quantitative estimate of drug-likeness (QED) is 0.868. The summed E-state index contributed by atoms with van der Waals surface area (Å²) in [7, 11) is -3.03. The number of sulfone groups is 1. The molecule has 3 nitrogen and oxygen atoms in total. The molecule has 5 heteroatoms. The van der Waals surface area contributed by atoms with Crippen molar-refractivity contribution in [2.24, 2.45) is 11.8 Å². The highest BCUT2D eigenvalue weighted by Crippen LogP contribution is 2.43. The monoisotopic (exact) mass is 291 g/mol. The maximum Gasteiger partial charge on any atom is 0.150 e. The van der Waals surface area contributed by atoms with Gasteiger partial charge in [-0.1, -0.05) is 6.42 Å². The zero-order valence-corrected chi connectivity index (χ0v) is 12.8. The molecule has 1 heterocycles. The van der Waals surface area contributed by atoms with E-state index in [1.807, 2.05) is 0 Å². The molecule has 0 aromatic heterocycles. The standard InChI is InChI=1S/C14H26FNO2S/c1-14(15,12-6-4-8-16-10-12)11-5-3-7-13(9-11)19(2,17)18/h11-13,16H,3-10H2,1-2H3. The van der Waals surface area contributed by atoms with Crippen LogP contribution in [0.2, 0.25) is 0 Å². The molecule has 1 N–H and O–H groups in total. The lowest BCUT2D eigenvalue weighted by atomic mass is 9.70. The predicted octanol–water partition coefficient (Wildman–Crippen LogP) is 2.32. The minimum Gasteiger partial charge on any atom is -0.316 e. The minimum absolute atomic E-state index is 0.0320. The Balaban J connectivity index is 2.06. The fraction of sp³-hybridized carbons (Fsp3) is 1.00. The molecule has 2 aliphatic rings. The van der Waals surface area contributed by atoms with Crippen LogP contribution >= 0.6 is 0 Å². The van der Waals surface area contributed by atoms with Gasteiger partial charge in [0.15, 0.2) is 0 Å². The van der Waals surface area contributed by atoms with Crippen LogP contribution in [0.15, 0.2) is 0 Å². The van der Waals surface area contributed by atoms with Gasteiger partial charge in [0.1, 0.15) is 15.5 Å². The van der Waals surface area contributed by atoms with Crippen LogP contribution in [0.3, 0.4) is 0 Å². The molecular formula is C14H26FNO2S. The topological polar surface area (TPSA) is 46.2 Å². The predicted molar refractivity (Wildman–Crippen MR) is 75.7 cm³/mol. The molecule has 4 atom stereocenters. The second-order valence-electron chi connectivity index (χ2n) is 6.51. The summed E-state index contributed by atoms with van der Waals surface area (Å²) in [6, 6.07) is 0. The van der Waals surface area contributed by atoms with Gasteiger partial charge in [-0.05, 0) is 51.5 Å². The van der Waals surface area contributed by atoms with Gasteiger partial charge in [0.05, 0.1) is 5.25 Å². The maximum absolute atomic E-state index is 15.2. The van der Waals surface area contributed by atoms with Gasteiger partial charge in [-0.2, -0.15) is 0 Å². The summed E-state index contributed by atoms with van der Waals surface area (Å²) in [6.45, 7) is 3.40. The number of hydrogen-bond acceptors (Lipinski definition) is 3. The molecule has 0 aromatic carbocycles. The van der Waals surface area contributed by atoms with E-state index in [0.717, 1.165) is 38.8 Å². The van der Waals surface area contributed by atoms with Gasteiger partial charge < -0.3 is 5.32 Å². The normalized spacial score (nSPS) is 36.7. The first-order chi connectivity index (χ1) is 8.82. The molecule has 1 saturated heterocycles. The molecule has 112 valence electrons. The van der Waals surface area contributed by atoms with Crippen LogP contribution in [0.1, 0.15) is 45.4 Å². The van der Waals surface area contributed by atoms with Crippen molar-refractivity contribution >= 4 is 9.84 Å². The highest BCUT2D eigenvalue weighted by molar-refractivity contribution is 7.91. The van der Waals surface area contributed by atoms with Crippen molar-refractivity contribution in [1.29, 1.82) is 0 Å². The molecule has 0 spiro atoms. The smallest absolute Gasteiger partial charge is 0.150 e. The average molecular weight is 291 g/mol. The summed E-state index contributed by atoms with van der Waals surface area (Å²) in [4.78, 5) is 0. The van der Waals surface area contributed by atoms with E-state index in [9.17, 15) is 8.42 Å². The van der Waals surface area contributed by atoms with E-state index in [1.54, 1.807) is 6.92 Å². The van der Waals surface area contributed by atoms with Crippen molar-refractivity contribution in [3.63, 3.8) is 0 Å². The molecule has 2 fully saturated rings. The Morgan fingerprint density at radius 3 is 2.42 bits per heavy atom. The molecule has 0 bridgehead atoms. The molecule has 1 aliphatic heterocycles. The third-order valence-corrected chi connectivity index (χ3v) is 6.76. The van der Waals surface area contributed by atoms with E-state index in [1.165, 1.54) is 6.26 Å². The van der Waals surface area contributed by atoms with E-state index < -0.39 is 15.5 Å². The molecule has 4 unspecified atom stereocenters. The Morgan fingerprint density at radius 1 is 1.16 bits per heavy atom. The number of piperidine rings is 1. The number of rotatable bonds is 3. The van der Waals surface area contributed by atoms with E-state index >= 15 is 4.39 Å². The first-order valence-electron chi connectivity index (χ1n) is 7.40. The lowest BCUT2D eigenvalue weighted by Gasteiger charge is -2.42. The van der Waals surface area contributed by atoms with Gasteiger partial charge in [0.2, 0.25) is 0 Å². The largest absolute Gasteiger partial charge is 0.316 e. The van der Waals surface area contributed by atoms with Crippen molar-refractivity contribution in [2.45, 2.75) is 56.4 Å². The summed E-state index contributed by atoms with van der Waals surface area (Å²) >= 11 is 0. The summed E-state index contributed by atoms with van der Waals surface area (Å²) in [5, 5.41) is 2.93. The van der Waals surface area contributed by atoms with E-state index in [-0.39, 0.29) is 17.1 Å². The summed E-state index contributed by atoms with van der Waals surface area (Å²) in [5.41, 5.74) is -1.24. The van der Waals surface area contributed by atoms with Crippen molar-refractivity contribution < 1.29 is 12.8 Å². The van der Waals surface area contributed by atoms with Crippen LogP contribution in [0.5, 0.6) is 0 Å². The summed E-state index contributed by atoms with van der Waals surface area (Å²) in [5.74, 6) is -0.0737. The van der Waals surface area contributed by atoms with Crippen LogP contribution in [0.25, 0.3) is 0 Å². The van der Waals surface area contributed by atoms with Crippen LogP contribution in [-0.2, 0) is 9.84 Å². The second-order valence-corrected chi connectivity index (χ2v) is 8.84. The molecule has 0 radical (unpaired) electrons. The zero-order chi connectivity index (χ0) is 14.1. The molecule has 0 aromatic rings. The number of hydrogen-bond donors (Lipinski definition) is 1.